The van der Waals surface area contributed by atoms with E-state index in [0.29, 0.717) is 0 Å². The van der Waals surface area contributed by atoms with Crippen LogP contribution in [0.1, 0.15) is 38.2 Å². The molecule has 1 heterocycles. The third kappa shape index (κ3) is 3.51. The fourth-order valence-electron chi connectivity index (χ4n) is 2.87. The first kappa shape index (κ1) is 13.4. The van der Waals surface area contributed by atoms with Gasteiger partial charge in [0.2, 0.25) is 0 Å². The molecule has 1 saturated carbocycles. The number of benzene rings is 1. The molecule has 2 fully saturated rings. The van der Waals surface area contributed by atoms with Crippen LogP contribution >= 0.6 is 15.9 Å². The third-order valence-electron chi connectivity index (χ3n) is 4.18. The van der Waals surface area contributed by atoms with Crippen molar-refractivity contribution in [1.82, 2.24) is 5.32 Å². The van der Waals surface area contributed by atoms with E-state index >= 15 is 0 Å². The van der Waals surface area contributed by atoms with E-state index in [1.54, 1.807) is 0 Å². The molecule has 0 amide bonds. The number of hydrogen-bond donors (Lipinski definition) is 1. The highest BCUT2D eigenvalue weighted by atomic mass is 79.9. The largest absolute Gasteiger partial charge is 0.370 e. The summed E-state index contributed by atoms with van der Waals surface area (Å²) in [6, 6.07) is 7.62. The molecule has 1 unspecified atom stereocenters. The second-order valence-corrected chi connectivity index (χ2v) is 6.99. The molecule has 1 N–H and O–H groups in total. The quantitative estimate of drug-likeness (QED) is 0.903. The first-order valence-electron chi connectivity index (χ1n) is 7.49. The number of hydrogen-bond acceptors (Lipinski definition) is 2. The van der Waals surface area contributed by atoms with Gasteiger partial charge in [0.15, 0.2) is 0 Å². The summed E-state index contributed by atoms with van der Waals surface area (Å²) in [4.78, 5) is 2.52. The highest BCUT2D eigenvalue weighted by Gasteiger charge is 2.21. The van der Waals surface area contributed by atoms with E-state index in [9.17, 15) is 0 Å². The van der Waals surface area contributed by atoms with Gasteiger partial charge in [-0.25, -0.2) is 0 Å². The third-order valence-corrected chi connectivity index (χ3v) is 4.82. The van der Waals surface area contributed by atoms with Crippen LogP contribution in [0.15, 0.2) is 22.7 Å². The van der Waals surface area contributed by atoms with Gasteiger partial charge in [0, 0.05) is 30.1 Å². The Morgan fingerprint density at radius 2 is 2.16 bits per heavy atom. The molecule has 2 aliphatic rings. The van der Waals surface area contributed by atoms with Gasteiger partial charge in [-0.1, -0.05) is 13.0 Å². The fourth-order valence-corrected chi connectivity index (χ4v) is 3.55. The Labute approximate surface area is 124 Å². The smallest absolute Gasteiger partial charge is 0.0510 e. The highest BCUT2D eigenvalue weighted by Crippen LogP contribution is 2.31. The van der Waals surface area contributed by atoms with Crippen molar-refractivity contribution in [1.29, 1.82) is 0 Å². The maximum absolute atomic E-state index is 3.76. The molecule has 1 saturated heterocycles. The molecular formula is C16H23BrN2. The molecule has 0 radical (unpaired) electrons. The summed E-state index contributed by atoms with van der Waals surface area (Å²) in [6.07, 6.45) is 5.39. The van der Waals surface area contributed by atoms with Crippen molar-refractivity contribution in [3.05, 3.63) is 28.2 Å². The average molecular weight is 323 g/mol. The lowest BCUT2D eigenvalue weighted by molar-refractivity contribution is 0.446. The molecule has 1 atom stereocenters. The number of nitrogens with zero attached hydrogens (tertiary/aromatic N) is 1. The highest BCUT2D eigenvalue weighted by molar-refractivity contribution is 9.10. The molecule has 3 heteroatoms. The monoisotopic (exact) mass is 322 g/mol. The zero-order valence-electron chi connectivity index (χ0n) is 11.7. The van der Waals surface area contributed by atoms with Gasteiger partial charge in [0.1, 0.15) is 0 Å². The minimum atomic E-state index is 0.779. The van der Waals surface area contributed by atoms with E-state index in [1.807, 2.05) is 0 Å². The minimum Gasteiger partial charge on any atom is -0.370 e. The van der Waals surface area contributed by atoms with Gasteiger partial charge in [0.05, 0.1) is 5.69 Å². The van der Waals surface area contributed by atoms with Gasteiger partial charge in [-0.2, -0.15) is 0 Å². The number of piperidine rings is 1. The first-order valence-corrected chi connectivity index (χ1v) is 8.28. The lowest BCUT2D eigenvalue weighted by Crippen LogP contribution is -2.34. The van der Waals surface area contributed by atoms with Gasteiger partial charge in [-0.15, -0.1) is 0 Å². The summed E-state index contributed by atoms with van der Waals surface area (Å²) < 4.78 is 1.25. The van der Waals surface area contributed by atoms with Crippen LogP contribution in [0.4, 0.5) is 5.69 Å². The Kier molecular flexibility index (Phi) is 4.13. The Hall–Kier alpha value is -0.540. The van der Waals surface area contributed by atoms with Gasteiger partial charge in [-0.3, -0.25) is 0 Å². The summed E-state index contributed by atoms with van der Waals surface area (Å²) in [6.45, 7) is 5.74. The molecular weight excluding hydrogens is 300 g/mol. The summed E-state index contributed by atoms with van der Waals surface area (Å²) in [5, 5.41) is 3.57. The van der Waals surface area contributed by atoms with Crippen molar-refractivity contribution in [2.24, 2.45) is 5.92 Å². The number of rotatable bonds is 4. The molecule has 2 nitrogen and oxygen atoms in total. The SMILES string of the molecule is CC1CCCN(c2ccc(CNC3CC3)cc2Br)C1. The van der Waals surface area contributed by atoms with Crippen LogP contribution in [0.2, 0.25) is 0 Å². The lowest BCUT2D eigenvalue weighted by atomic mass is 9.99. The van der Waals surface area contributed by atoms with Gasteiger partial charge >= 0.3 is 0 Å². The molecule has 1 aromatic carbocycles. The van der Waals surface area contributed by atoms with Crippen LogP contribution in [-0.2, 0) is 6.54 Å². The Morgan fingerprint density at radius 3 is 2.84 bits per heavy atom. The van der Waals surface area contributed by atoms with E-state index in [0.717, 1.165) is 18.5 Å². The molecule has 0 bridgehead atoms. The second kappa shape index (κ2) is 5.84. The topological polar surface area (TPSA) is 15.3 Å². The van der Waals surface area contributed by atoms with Gasteiger partial charge in [-0.05, 0) is 65.2 Å². The fraction of sp³-hybridized carbons (Fsp3) is 0.625. The second-order valence-electron chi connectivity index (χ2n) is 6.13. The Bertz CT molecular complexity index is 442. The zero-order chi connectivity index (χ0) is 13.2. The van der Waals surface area contributed by atoms with E-state index in [2.05, 4.69) is 51.3 Å². The number of anilines is 1. The molecule has 0 spiro atoms. The average Bonchev–Trinajstić information content (AvgIpc) is 3.20. The van der Waals surface area contributed by atoms with Gasteiger partial charge in [0.25, 0.3) is 0 Å². The summed E-state index contributed by atoms with van der Waals surface area (Å²) in [7, 11) is 0. The van der Waals surface area contributed by atoms with Crippen LogP contribution in [-0.4, -0.2) is 19.1 Å². The summed E-state index contributed by atoms with van der Waals surface area (Å²) >= 11 is 3.76. The maximum Gasteiger partial charge on any atom is 0.0510 e. The van der Waals surface area contributed by atoms with Crippen molar-refractivity contribution < 1.29 is 0 Å². The molecule has 104 valence electrons. The molecule has 3 rings (SSSR count). The molecule has 19 heavy (non-hydrogen) atoms. The number of nitrogens with one attached hydrogen (secondary N) is 1. The maximum atomic E-state index is 3.76. The van der Waals surface area contributed by atoms with E-state index in [-0.39, 0.29) is 0 Å². The lowest BCUT2D eigenvalue weighted by Gasteiger charge is -2.33. The van der Waals surface area contributed by atoms with E-state index in [4.69, 9.17) is 0 Å². The number of halogens is 1. The van der Waals surface area contributed by atoms with Crippen molar-refractivity contribution in [2.75, 3.05) is 18.0 Å². The predicted molar refractivity (Wildman–Crippen MR) is 84.6 cm³/mol. The first-order chi connectivity index (χ1) is 9.22. The van der Waals surface area contributed by atoms with Crippen molar-refractivity contribution >= 4 is 21.6 Å². The van der Waals surface area contributed by atoms with Crippen LogP contribution in [0.3, 0.4) is 0 Å². The summed E-state index contributed by atoms with van der Waals surface area (Å²) in [5.74, 6) is 0.817. The van der Waals surface area contributed by atoms with Crippen LogP contribution < -0.4 is 10.2 Å². The normalized spacial score (nSPS) is 23.7. The van der Waals surface area contributed by atoms with Crippen LogP contribution in [0.5, 0.6) is 0 Å². The molecule has 0 aromatic heterocycles. The molecule has 1 aliphatic carbocycles. The Morgan fingerprint density at radius 1 is 1.32 bits per heavy atom. The van der Waals surface area contributed by atoms with E-state index < -0.39 is 0 Å². The zero-order valence-corrected chi connectivity index (χ0v) is 13.2. The van der Waals surface area contributed by atoms with Crippen molar-refractivity contribution in [2.45, 2.75) is 45.2 Å². The van der Waals surface area contributed by atoms with Crippen molar-refractivity contribution in [3.63, 3.8) is 0 Å². The standard InChI is InChI=1S/C16H23BrN2/c1-12-3-2-8-19(11-12)16-7-4-13(9-15(16)17)10-18-14-5-6-14/h4,7,9,12,14,18H,2-3,5-6,8,10-11H2,1H3. The minimum absolute atomic E-state index is 0.779. The Balaban J connectivity index is 1.67. The molecule has 1 aromatic rings. The van der Waals surface area contributed by atoms with E-state index in [1.165, 1.54) is 54.5 Å². The van der Waals surface area contributed by atoms with Crippen molar-refractivity contribution in [3.8, 4) is 0 Å². The van der Waals surface area contributed by atoms with Gasteiger partial charge < -0.3 is 10.2 Å². The summed E-state index contributed by atoms with van der Waals surface area (Å²) in [5.41, 5.74) is 2.74. The predicted octanol–water partition coefficient (Wildman–Crippen LogP) is 3.94. The molecule has 1 aliphatic heterocycles. The van der Waals surface area contributed by atoms with Crippen LogP contribution in [0.25, 0.3) is 0 Å². The van der Waals surface area contributed by atoms with Crippen LogP contribution in [0, 0.1) is 5.92 Å².